The Morgan fingerprint density at radius 2 is 2.07 bits per heavy atom. The smallest absolute Gasteiger partial charge is 0.326 e. The highest BCUT2D eigenvalue weighted by Crippen LogP contribution is 2.07. The van der Waals surface area contributed by atoms with E-state index in [1.165, 1.54) is 0 Å². The Hall–Kier alpha value is -1.10. The van der Waals surface area contributed by atoms with E-state index in [4.69, 9.17) is 10.8 Å². The molecule has 0 bridgehead atoms. The Morgan fingerprint density at radius 3 is 2.43 bits per heavy atom. The zero-order chi connectivity index (χ0) is 11.1. The molecule has 0 spiro atoms. The minimum atomic E-state index is -0.996. The molecule has 0 radical (unpaired) electrons. The van der Waals surface area contributed by atoms with Crippen LogP contribution in [0.1, 0.15) is 26.7 Å². The third kappa shape index (κ3) is 4.23. The van der Waals surface area contributed by atoms with E-state index in [-0.39, 0.29) is 24.8 Å². The van der Waals surface area contributed by atoms with E-state index < -0.39 is 12.0 Å². The van der Waals surface area contributed by atoms with Crippen LogP contribution in [-0.2, 0) is 9.59 Å². The van der Waals surface area contributed by atoms with Crippen LogP contribution < -0.4 is 11.1 Å². The summed E-state index contributed by atoms with van der Waals surface area (Å²) in [6, 6.07) is -0.806. The molecule has 5 nitrogen and oxygen atoms in total. The van der Waals surface area contributed by atoms with E-state index in [1.807, 2.05) is 6.92 Å². The number of carboxylic acids is 1. The average Bonchev–Trinajstić information content (AvgIpc) is 2.13. The van der Waals surface area contributed by atoms with Crippen LogP contribution in [0.4, 0.5) is 0 Å². The molecule has 5 heteroatoms. The molecular formula is C9H18N2O3. The first-order valence-electron chi connectivity index (χ1n) is 4.75. The van der Waals surface area contributed by atoms with Gasteiger partial charge in [0.1, 0.15) is 6.04 Å². The van der Waals surface area contributed by atoms with Gasteiger partial charge in [0.05, 0.1) is 0 Å². The quantitative estimate of drug-likeness (QED) is 0.563. The Morgan fingerprint density at radius 1 is 1.50 bits per heavy atom. The number of hydrogen-bond donors (Lipinski definition) is 3. The van der Waals surface area contributed by atoms with E-state index in [1.54, 1.807) is 6.92 Å². The predicted octanol–water partition coefficient (Wildman–Crippen LogP) is -0.0493. The van der Waals surface area contributed by atoms with Crippen LogP contribution in [0.2, 0.25) is 0 Å². The van der Waals surface area contributed by atoms with Gasteiger partial charge in [0.2, 0.25) is 5.91 Å². The van der Waals surface area contributed by atoms with Crippen molar-refractivity contribution >= 4 is 11.9 Å². The molecule has 0 rings (SSSR count). The zero-order valence-corrected chi connectivity index (χ0v) is 8.62. The van der Waals surface area contributed by atoms with Crippen molar-refractivity contribution in [1.29, 1.82) is 0 Å². The molecule has 0 aromatic heterocycles. The maximum Gasteiger partial charge on any atom is 0.326 e. The molecule has 0 heterocycles. The van der Waals surface area contributed by atoms with Gasteiger partial charge in [-0.3, -0.25) is 4.79 Å². The summed E-state index contributed by atoms with van der Waals surface area (Å²) >= 11 is 0. The second-order valence-electron chi connectivity index (χ2n) is 3.31. The molecule has 1 amide bonds. The van der Waals surface area contributed by atoms with Gasteiger partial charge in [-0.15, -0.1) is 0 Å². The van der Waals surface area contributed by atoms with E-state index in [2.05, 4.69) is 5.32 Å². The van der Waals surface area contributed by atoms with Crippen molar-refractivity contribution in [3.8, 4) is 0 Å². The lowest BCUT2D eigenvalue weighted by Crippen LogP contribution is -2.45. The monoisotopic (exact) mass is 202 g/mol. The SMILES string of the molecule is CC[C@@H](C)[C@H](NC(=O)CCN)C(=O)O. The molecule has 0 saturated heterocycles. The lowest BCUT2D eigenvalue weighted by molar-refractivity contribution is -0.143. The van der Waals surface area contributed by atoms with Gasteiger partial charge in [0, 0.05) is 13.0 Å². The van der Waals surface area contributed by atoms with Crippen molar-refractivity contribution < 1.29 is 14.7 Å². The number of carbonyl (C=O) groups excluding carboxylic acids is 1. The number of rotatable bonds is 6. The summed E-state index contributed by atoms with van der Waals surface area (Å²) in [5.41, 5.74) is 5.18. The van der Waals surface area contributed by atoms with Gasteiger partial charge in [-0.2, -0.15) is 0 Å². The normalized spacial score (nSPS) is 14.5. The van der Waals surface area contributed by atoms with Gasteiger partial charge in [0.25, 0.3) is 0 Å². The topological polar surface area (TPSA) is 92.4 Å². The third-order valence-corrected chi connectivity index (χ3v) is 2.17. The third-order valence-electron chi connectivity index (χ3n) is 2.17. The Balaban J connectivity index is 4.23. The van der Waals surface area contributed by atoms with Gasteiger partial charge in [-0.25, -0.2) is 4.79 Å². The second kappa shape index (κ2) is 6.37. The molecule has 0 aromatic carbocycles. The van der Waals surface area contributed by atoms with Gasteiger partial charge in [-0.1, -0.05) is 20.3 Å². The molecule has 0 unspecified atom stereocenters. The fraction of sp³-hybridized carbons (Fsp3) is 0.778. The largest absolute Gasteiger partial charge is 0.480 e. The van der Waals surface area contributed by atoms with Crippen molar-refractivity contribution in [3.63, 3.8) is 0 Å². The highest BCUT2D eigenvalue weighted by Gasteiger charge is 2.24. The summed E-state index contributed by atoms with van der Waals surface area (Å²) in [6.45, 7) is 3.91. The van der Waals surface area contributed by atoms with E-state index in [0.29, 0.717) is 6.42 Å². The van der Waals surface area contributed by atoms with E-state index in [9.17, 15) is 9.59 Å². The minimum Gasteiger partial charge on any atom is -0.480 e. The summed E-state index contributed by atoms with van der Waals surface area (Å²) in [4.78, 5) is 21.9. The summed E-state index contributed by atoms with van der Waals surface area (Å²) < 4.78 is 0. The number of hydrogen-bond acceptors (Lipinski definition) is 3. The molecule has 4 N–H and O–H groups in total. The van der Waals surface area contributed by atoms with E-state index >= 15 is 0 Å². The molecule has 2 atom stereocenters. The summed E-state index contributed by atoms with van der Waals surface area (Å²) in [6.07, 6.45) is 0.875. The van der Waals surface area contributed by atoms with Crippen LogP contribution in [0.15, 0.2) is 0 Å². The summed E-state index contributed by atoms with van der Waals surface area (Å²) in [5, 5.41) is 11.3. The molecule has 0 aliphatic heterocycles. The molecule has 0 aliphatic carbocycles. The Kier molecular flexibility index (Phi) is 5.87. The van der Waals surface area contributed by atoms with Crippen molar-refractivity contribution in [1.82, 2.24) is 5.32 Å². The molecular weight excluding hydrogens is 184 g/mol. The molecule has 0 saturated carbocycles. The van der Waals surface area contributed by atoms with Crippen molar-refractivity contribution in [2.45, 2.75) is 32.7 Å². The van der Waals surface area contributed by atoms with Crippen LogP contribution in [0.5, 0.6) is 0 Å². The van der Waals surface area contributed by atoms with Crippen LogP contribution in [0.3, 0.4) is 0 Å². The number of carboxylic acid groups (broad SMARTS) is 1. The van der Waals surface area contributed by atoms with Gasteiger partial charge < -0.3 is 16.2 Å². The van der Waals surface area contributed by atoms with Crippen LogP contribution in [0, 0.1) is 5.92 Å². The highest BCUT2D eigenvalue weighted by atomic mass is 16.4. The zero-order valence-electron chi connectivity index (χ0n) is 8.62. The van der Waals surface area contributed by atoms with E-state index in [0.717, 1.165) is 0 Å². The summed E-state index contributed by atoms with van der Waals surface area (Å²) in [7, 11) is 0. The number of nitrogens with one attached hydrogen (secondary N) is 1. The van der Waals surface area contributed by atoms with Crippen LogP contribution >= 0.6 is 0 Å². The van der Waals surface area contributed by atoms with Gasteiger partial charge >= 0.3 is 5.97 Å². The molecule has 0 aliphatic rings. The van der Waals surface area contributed by atoms with Gasteiger partial charge in [0.15, 0.2) is 0 Å². The fourth-order valence-electron chi connectivity index (χ4n) is 1.06. The van der Waals surface area contributed by atoms with Crippen molar-refractivity contribution in [3.05, 3.63) is 0 Å². The Bertz CT molecular complexity index is 206. The molecule has 14 heavy (non-hydrogen) atoms. The van der Waals surface area contributed by atoms with Gasteiger partial charge in [-0.05, 0) is 5.92 Å². The predicted molar refractivity (Wildman–Crippen MR) is 52.7 cm³/mol. The number of amides is 1. The van der Waals surface area contributed by atoms with Crippen molar-refractivity contribution in [2.24, 2.45) is 11.7 Å². The first-order chi connectivity index (χ1) is 6.52. The molecule has 0 fully saturated rings. The van der Waals surface area contributed by atoms with Crippen LogP contribution in [0.25, 0.3) is 0 Å². The fourth-order valence-corrected chi connectivity index (χ4v) is 1.06. The number of aliphatic carboxylic acids is 1. The Labute approximate surface area is 83.7 Å². The minimum absolute atomic E-state index is 0.0748. The second-order valence-corrected chi connectivity index (χ2v) is 3.31. The number of carbonyl (C=O) groups is 2. The lowest BCUT2D eigenvalue weighted by atomic mass is 9.99. The summed E-state index contributed by atoms with van der Waals surface area (Å²) in [5.74, 6) is -1.38. The lowest BCUT2D eigenvalue weighted by Gasteiger charge is -2.19. The first-order valence-corrected chi connectivity index (χ1v) is 4.75. The maximum absolute atomic E-state index is 11.1. The van der Waals surface area contributed by atoms with Crippen LogP contribution in [-0.4, -0.2) is 29.6 Å². The molecule has 82 valence electrons. The molecule has 0 aromatic rings. The highest BCUT2D eigenvalue weighted by molar-refractivity contribution is 5.83. The average molecular weight is 202 g/mol. The van der Waals surface area contributed by atoms with Crippen molar-refractivity contribution in [2.75, 3.05) is 6.54 Å². The standard InChI is InChI=1S/C9H18N2O3/c1-3-6(2)8(9(13)14)11-7(12)4-5-10/h6,8H,3-5,10H2,1-2H3,(H,11,12)(H,13,14)/t6-,8+/m1/s1. The first kappa shape index (κ1) is 12.9. The number of nitrogens with two attached hydrogens (primary N) is 1. The maximum atomic E-state index is 11.1.